The monoisotopic (exact) mass is 567 g/mol. The molecule has 1 aliphatic carbocycles. The van der Waals surface area contributed by atoms with Crippen LogP contribution in [0.5, 0.6) is 0 Å². The molecule has 2 aromatic carbocycles. The summed E-state index contributed by atoms with van der Waals surface area (Å²) >= 11 is 0. The Morgan fingerprint density at radius 2 is 1.90 bits per heavy atom. The van der Waals surface area contributed by atoms with Crippen LogP contribution in [-0.2, 0) is 0 Å². The van der Waals surface area contributed by atoms with Crippen molar-refractivity contribution in [2.24, 2.45) is 5.41 Å². The average molecular weight is 568 g/mol. The number of halogens is 2. The Bertz CT molecular complexity index is 1740. The number of benzene rings is 2. The molecule has 214 valence electrons. The van der Waals surface area contributed by atoms with E-state index in [-0.39, 0.29) is 5.41 Å². The Morgan fingerprint density at radius 3 is 2.57 bits per heavy atom. The Balaban J connectivity index is 1.54. The summed E-state index contributed by atoms with van der Waals surface area (Å²) in [5, 5.41) is 19.4. The lowest BCUT2D eigenvalue weighted by Gasteiger charge is -2.24. The Labute approximate surface area is 244 Å². The summed E-state index contributed by atoms with van der Waals surface area (Å²) in [6, 6.07) is 13.4. The van der Waals surface area contributed by atoms with Crippen molar-refractivity contribution in [2.45, 2.75) is 45.7 Å². The molecule has 2 aliphatic rings. The molecule has 1 saturated carbocycles. The third kappa shape index (κ3) is 5.83. The summed E-state index contributed by atoms with van der Waals surface area (Å²) < 4.78 is 37.5. The lowest BCUT2D eigenvalue weighted by molar-refractivity contribution is 0.260. The highest BCUT2D eigenvalue weighted by Crippen LogP contribution is 2.38. The van der Waals surface area contributed by atoms with Crippen LogP contribution in [0, 0.1) is 28.5 Å². The summed E-state index contributed by atoms with van der Waals surface area (Å²) in [4.78, 5) is 8.49. The zero-order valence-corrected chi connectivity index (χ0v) is 23.6. The second-order valence-corrected chi connectivity index (χ2v) is 11.8. The van der Waals surface area contributed by atoms with Gasteiger partial charge in [0.2, 0.25) is 5.95 Å². The number of hydrazine groups is 2. The maximum Gasteiger partial charge on any atom is 0.212 e. The lowest BCUT2D eigenvalue weighted by Crippen LogP contribution is -2.38. The Hall–Kier alpha value is -4.75. The highest BCUT2D eigenvalue weighted by molar-refractivity contribution is 6.04. The van der Waals surface area contributed by atoms with Crippen LogP contribution in [0.4, 0.5) is 20.2 Å². The first-order chi connectivity index (χ1) is 20.5. The predicted octanol–water partition coefficient (Wildman–Crippen LogP) is 6.39. The smallest absolute Gasteiger partial charge is 0.212 e. The van der Waals surface area contributed by atoms with Crippen LogP contribution >= 0.6 is 0 Å². The molecule has 1 atom stereocenters. The first-order valence-corrected chi connectivity index (χ1v) is 13.8. The third-order valence-electron chi connectivity index (χ3n) is 7.13. The van der Waals surface area contributed by atoms with E-state index < -0.39 is 17.8 Å². The summed E-state index contributed by atoms with van der Waals surface area (Å²) in [7, 11) is 0. The van der Waals surface area contributed by atoms with Crippen molar-refractivity contribution < 1.29 is 10.2 Å². The first-order valence-electron chi connectivity index (χ1n) is 14.3. The minimum atomic E-state index is -1.57. The number of pyridine rings is 2. The van der Waals surface area contributed by atoms with Crippen molar-refractivity contribution in [3.63, 3.8) is 0 Å². The molecule has 4 N–H and O–H groups in total. The molecule has 0 unspecified atom stereocenters. The molecule has 2 aromatic heterocycles. The van der Waals surface area contributed by atoms with Crippen LogP contribution in [0.15, 0.2) is 72.8 Å². The topological polar surface area (TPSA) is 101 Å². The van der Waals surface area contributed by atoms with Gasteiger partial charge in [-0.15, -0.1) is 5.53 Å². The van der Waals surface area contributed by atoms with Gasteiger partial charge in [-0.2, -0.15) is 9.65 Å². The van der Waals surface area contributed by atoms with Crippen LogP contribution in [0.1, 0.15) is 52.1 Å². The summed E-state index contributed by atoms with van der Waals surface area (Å²) in [6.07, 6.45) is 6.91. The van der Waals surface area contributed by atoms with Crippen molar-refractivity contribution in [3.8, 4) is 17.2 Å². The number of anilines is 2. The number of fused-ring (bicyclic) bond motifs is 1. The molecule has 3 heterocycles. The second kappa shape index (κ2) is 10.9. The number of aromatic nitrogens is 2. The largest absolute Gasteiger partial charge is 0.383 e. The van der Waals surface area contributed by atoms with Gasteiger partial charge in [-0.1, -0.05) is 32.9 Å². The maximum absolute atomic E-state index is 14.0. The lowest BCUT2D eigenvalue weighted by atomic mass is 9.95. The zero-order chi connectivity index (χ0) is 30.4. The van der Waals surface area contributed by atoms with E-state index in [9.17, 15) is 15.4 Å². The van der Waals surface area contributed by atoms with E-state index in [1.165, 1.54) is 30.6 Å². The van der Waals surface area contributed by atoms with E-state index in [1.807, 2.05) is 23.3 Å². The molecule has 0 amide bonds. The van der Waals surface area contributed by atoms with Crippen molar-refractivity contribution in [1.29, 1.82) is 5.26 Å². The standard InChI is InChI=1S/C32H32F2N8/c1-32(2,3)18-38-29-21(14-35)16-37-31-25(20-6-11-28(34)36-15-20)12-23(13-26(29)31)39-30(19-4-7-22(33)8-5-19)27-17-42(41-40-27)24-9-10-24/h4-8,11-13,15-17,24,30,39-41H,9-10,18H2,1-3H3,(H,37,38)/t30-/m1/s1/i30D. The number of nitrogens with one attached hydrogen (secondary N) is 4. The number of nitrogens with zero attached hydrogens (tertiary/aromatic N) is 4. The fourth-order valence-corrected chi connectivity index (χ4v) is 4.82. The predicted molar refractivity (Wildman–Crippen MR) is 160 cm³/mol. The van der Waals surface area contributed by atoms with Gasteiger partial charge >= 0.3 is 0 Å². The number of hydrogen-bond acceptors (Lipinski definition) is 8. The van der Waals surface area contributed by atoms with Crippen molar-refractivity contribution >= 4 is 22.3 Å². The summed E-state index contributed by atoms with van der Waals surface area (Å²) in [5.41, 5.74) is 10.6. The molecule has 4 aromatic rings. The molecule has 0 spiro atoms. The van der Waals surface area contributed by atoms with Crippen LogP contribution in [0.3, 0.4) is 0 Å². The fraction of sp³-hybridized carbons (Fsp3) is 0.281. The molecular formula is C32H32F2N8. The minimum absolute atomic E-state index is 0.0815. The van der Waals surface area contributed by atoms with E-state index in [4.69, 9.17) is 0 Å². The SMILES string of the molecule is [2H][C@](Nc1cc(-c2ccc(F)nc2)c2ncc(C#N)c(NCC(C)(C)C)c2c1)(C1=CN(C2CC2)NN1)c1ccc(F)cc1. The number of rotatable bonds is 8. The van der Waals surface area contributed by atoms with Gasteiger partial charge in [0.25, 0.3) is 0 Å². The Kier molecular flexibility index (Phi) is 6.80. The van der Waals surface area contributed by atoms with Crippen LogP contribution in [0.2, 0.25) is 0 Å². The molecule has 1 aliphatic heterocycles. The molecule has 0 radical (unpaired) electrons. The van der Waals surface area contributed by atoms with E-state index in [1.54, 1.807) is 18.2 Å². The van der Waals surface area contributed by atoms with Crippen LogP contribution in [-0.4, -0.2) is 27.6 Å². The van der Waals surface area contributed by atoms with E-state index in [0.717, 1.165) is 12.8 Å². The van der Waals surface area contributed by atoms with Gasteiger partial charge in [-0.25, -0.2) is 9.37 Å². The molecule has 42 heavy (non-hydrogen) atoms. The quantitative estimate of drug-likeness (QED) is 0.182. The normalized spacial score (nSPS) is 16.7. The molecule has 10 heteroatoms. The molecule has 8 nitrogen and oxygen atoms in total. The zero-order valence-electron chi connectivity index (χ0n) is 24.6. The highest BCUT2D eigenvalue weighted by atomic mass is 19.1. The minimum Gasteiger partial charge on any atom is -0.383 e. The second-order valence-electron chi connectivity index (χ2n) is 11.8. The third-order valence-corrected chi connectivity index (χ3v) is 7.13. The summed E-state index contributed by atoms with van der Waals surface area (Å²) in [5.74, 6) is -1.01. The molecule has 0 saturated heterocycles. The maximum atomic E-state index is 14.0. The van der Waals surface area contributed by atoms with E-state index >= 15 is 0 Å². The van der Waals surface area contributed by atoms with Gasteiger partial charge in [-0.05, 0) is 60.2 Å². The Morgan fingerprint density at radius 1 is 1.12 bits per heavy atom. The van der Waals surface area contributed by atoms with Crippen molar-refractivity contribution in [3.05, 3.63) is 95.7 Å². The highest BCUT2D eigenvalue weighted by Gasteiger charge is 2.32. The molecule has 1 fully saturated rings. The molecular weight excluding hydrogens is 534 g/mol. The molecule has 0 bridgehead atoms. The van der Waals surface area contributed by atoms with Crippen molar-refractivity contribution in [2.75, 3.05) is 17.2 Å². The van der Waals surface area contributed by atoms with Gasteiger partial charge in [0.1, 0.15) is 11.9 Å². The molecule has 6 rings (SSSR count). The van der Waals surface area contributed by atoms with Gasteiger partial charge < -0.3 is 16.1 Å². The van der Waals surface area contributed by atoms with Gasteiger partial charge in [-0.3, -0.25) is 9.99 Å². The summed E-state index contributed by atoms with van der Waals surface area (Å²) in [6.45, 7) is 6.87. The number of nitriles is 1. The fourth-order valence-electron chi connectivity index (χ4n) is 4.82. The van der Waals surface area contributed by atoms with Crippen LogP contribution in [0.25, 0.3) is 22.0 Å². The van der Waals surface area contributed by atoms with E-state index in [2.05, 4.69) is 58.4 Å². The van der Waals surface area contributed by atoms with Gasteiger partial charge in [0, 0.05) is 53.4 Å². The van der Waals surface area contributed by atoms with E-state index in [0.29, 0.717) is 62.8 Å². The van der Waals surface area contributed by atoms with Gasteiger partial charge in [0.05, 0.1) is 29.9 Å². The van der Waals surface area contributed by atoms with Gasteiger partial charge in [0.15, 0.2) is 0 Å². The number of hydrogen-bond donors (Lipinski definition) is 4. The average Bonchev–Trinajstić information content (AvgIpc) is 3.71. The first kappa shape index (κ1) is 26.2. The van der Waals surface area contributed by atoms with Crippen molar-refractivity contribution in [1.82, 2.24) is 25.9 Å². The van der Waals surface area contributed by atoms with Crippen LogP contribution < -0.4 is 21.6 Å².